The molecule has 3 aromatic carbocycles. The van der Waals surface area contributed by atoms with E-state index in [0.29, 0.717) is 5.69 Å². The molecular weight excluding hydrogens is 391 g/mol. The summed E-state index contributed by atoms with van der Waals surface area (Å²) in [6, 6.07) is 21.6. The zero-order valence-corrected chi connectivity index (χ0v) is 15.6. The van der Waals surface area contributed by atoms with Gasteiger partial charge in [0.1, 0.15) is 5.75 Å². The van der Waals surface area contributed by atoms with Crippen molar-refractivity contribution in [3.8, 4) is 5.75 Å². The predicted octanol–water partition coefficient (Wildman–Crippen LogP) is 4.64. The standard InChI is InChI=1S/C23H16F3N3O/c24-23(25,26)30-19-8-6-18(7-9-19)29-14-17-3-1-2-4-21(17)28-22(29)16-5-10-20-15(13-16)11-12-27-20/h1-14,22,27H. The minimum Gasteiger partial charge on any atom is -0.406 e. The molecule has 0 fully saturated rings. The molecule has 1 atom stereocenters. The van der Waals surface area contributed by atoms with Gasteiger partial charge in [0.15, 0.2) is 6.17 Å². The van der Waals surface area contributed by atoms with Crippen molar-refractivity contribution in [1.82, 2.24) is 4.98 Å². The normalized spacial score (nSPS) is 16.0. The molecule has 1 aliphatic rings. The van der Waals surface area contributed by atoms with Gasteiger partial charge in [0.2, 0.25) is 0 Å². The van der Waals surface area contributed by atoms with Crippen molar-refractivity contribution >= 4 is 22.8 Å². The molecule has 1 aliphatic heterocycles. The Balaban J connectivity index is 1.59. The number of halogens is 3. The Kier molecular flexibility index (Phi) is 4.24. The SMILES string of the molecule is FC(F)(F)Oc1ccc(N2C=c3ccccc3=NC2c2ccc3[nH]ccc3c2)cc1. The van der Waals surface area contributed by atoms with Crippen LogP contribution in [-0.4, -0.2) is 11.3 Å². The molecule has 0 amide bonds. The number of fused-ring (bicyclic) bond motifs is 2. The van der Waals surface area contributed by atoms with Gasteiger partial charge in [0, 0.05) is 28.8 Å². The second kappa shape index (κ2) is 6.95. The number of nitrogens with one attached hydrogen (secondary N) is 1. The summed E-state index contributed by atoms with van der Waals surface area (Å²) in [6.45, 7) is 0. The third-order valence-corrected chi connectivity index (χ3v) is 4.98. The number of para-hydroxylation sites is 1. The van der Waals surface area contributed by atoms with Crippen molar-refractivity contribution in [2.24, 2.45) is 4.99 Å². The van der Waals surface area contributed by atoms with Crippen LogP contribution in [-0.2, 0) is 0 Å². The molecule has 2 heterocycles. The van der Waals surface area contributed by atoms with Gasteiger partial charge in [-0.15, -0.1) is 13.2 Å². The third-order valence-electron chi connectivity index (χ3n) is 4.98. The maximum atomic E-state index is 12.5. The monoisotopic (exact) mass is 407 g/mol. The van der Waals surface area contributed by atoms with E-state index in [-0.39, 0.29) is 11.9 Å². The van der Waals surface area contributed by atoms with Gasteiger partial charge in [-0.2, -0.15) is 0 Å². The summed E-state index contributed by atoms with van der Waals surface area (Å²) < 4.78 is 41.5. The first-order valence-electron chi connectivity index (χ1n) is 9.32. The van der Waals surface area contributed by atoms with E-state index in [1.807, 2.05) is 59.8 Å². The van der Waals surface area contributed by atoms with Gasteiger partial charge in [0.05, 0.1) is 5.36 Å². The second-order valence-corrected chi connectivity index (χ2v) is 6.96. The summed E-state index contributed by atoms with van der Waals surface area (Å²) in [5, 5.41) is 2.87. The average Bonchev–Trinajstić information content (AvgIpc) is 3.20. The molecule has 4 nitrogen and oxygen atoms in total. The van der Waals surface area contributed by atoms with E-state index in [0.717, 1.165) is 27.0 Å². The van der Waals surface area contributed by atoms with Crippen molar-refractivity contribution in [1.29, 1.82) is 0 Å². The van der Waals surface area contributed by atoms with Crippen molar-refractivity contribution < 1.29 is 17.9 Å². The van der Waals surface area contributed by atoms with E-state index in [4.69, 9.17) is 4.99 Å². The number of alkyl halides is 3. The maximum absolute atomic E-state index is 12.5. The first kappa shape index (κ1) is 18.3. The van der Waals surface area contributed by atoms with E-state index in [9.17, 15) is 13.2 Å². The average molecular weight is 407 g/mol. The van der Waals surface area contributed by atoms with Crippen LogP contribution in [0.2, 0.25) is 0 Å². The van der Waals surface area contributed by atoms with Crippen molar-refractivity contribution in [2.75, 3.05) is 4.90 Å². The highest BCUT2D eigenvalue weighted by atomic mass is 19.4. The number of nitrogens with zero attached hydrogens (tertiary/aromatic N) is 2. The topological polar surface area (TPSA) is 40.6 Å². The molecule has 1 aromatic heterocycles. The van der Waals surface area contributed by atoms with Crippen LogP contribution in [0.4, 0.5) is 18.9 Å². The van der Waals surface area contributed by atoms with Gasteiger partial charge >= 0.3 is 6.36 Å². The lowest BCUT2D eigenvalue weighted by atomic mass is 10.1. The smallest absolute Gasteiger partial charge is 0.406 e. The van der Waals surface area contributed by atoms with Crippen LogP contribution >= 0.6 is 0 Å². The van der Waals surface area contributed by atoms with Crippen molar-refractivity contribution in [2.45, 2.75) is 12.5 Å². The number of aromatic amines is 1. The summed E-state index contributed by atoms with van der Waals surface area (Å²) in [7, 11) is 0. The lowest BCUT2D eigenvalue weighted by Crippen LogP contribution is -2.37. The molecule has 4 aromatic rings. The van der Waals surface area contributed by atoms with E-state index in [2.05, 4.69) is 15.8 Å². The largest absolute Gasteiger partial charge is 0.573 e. The van der Waals surface area contributed by atoms with Crippen LogP contribution < -0.4 is 20.2 Å². The Hall–Kier alpha value is -3.74. The van der Waals surface area contributed by atoms with E-state index < -0.39 is 6.36 Å². The summed E-state index contributed by atoms with van der Waals surface area (Å²) in [4.78, 5) is 10.0. The molecule has 30 heavy (non-hydrogen) atoms. The number of hydrogen-bond donors (Lipinski definition) is 1. The summed E-state index contributed by atoms with van der Waals surface area (Å²) in [5.41, 5.74) is 2.71. The Morgan fingerprint density at radius 2 is 1.73 bits per heavy atom. The molecular formula is C23H16F3N3O. The molecule has 7 heteroatoms. The predicted molar refractivity (Wildman–Crippen MR) is 108 cm³/mol. The number of hydrogen-bond acceptors (Lipinski definition) is 3. The molecule has 0 aliphatic carbocycles. The molecule has 1 N–H and O–H groups in total. The van der Waals surface area contributed by atoms with Crippen LogP contribution in [0.25, 0.3) is 17.1 Å². The molecule has 5 rings (SSSR count). The minimum absolute atomic E-state index is 0.258. The minimum atomic E-state index is -4.72. The van der Waals surface area contributed by atoms with Gasteiger partial charge in [-0.1, -0.05) is 24.3 Å². The third kappa shape index (κ3) is 3.50. The fraction of sp³-hybridized carbons (Fsp3) is 0.0870. The quantitative estimate of drug-likeness (QED) is 0.537. The lowest BCUT2D eigenvalue weighted by Gasteiger charge is -2.30. The number of ether oxygens (including phenoxy) is 1. The highest BCUT2D eigenvalue weighted by Gasteiger charge is 2.31. The lowest BCUT2D eigenvalue weighted by molar-refractivity contribution is -0.274. The molecule has 0 spiro atoms. The maximum Gasteiger partial charge on any atom is 0.573 e. The van der Waals surface area contributed by atoms with Crippen LogP contribution in [0.1, 0.15) is 11.7 Å². The van der Waals surface area contributed by atoms with Crippen LogP contribution in [0.3, 0.4) is 0 Å². The van der Waals surface area contributed by atoms with Crippen LogP contribution in [0.5, 0.6) is 5.75 Å². The summed E-state index contributed by atoms with van der Waals surface area (Å²) in [6.07, 6.45) is -1.23. The van der Waals surface area contributed by atoms with Gasteiger partial charge in [0.25, 0.3) is 0 Å². The highest BCUT2D eigenvalue weighted by Crippen LogP contribution is 2.33. The van der Waals surface area contributed by atoms with Gasteiger partial charge in [-0.05, 0) is 59.5 Å². The van der Waals surface area contributed by atoms with E-state index in [1.54, 1.807) is 12.1 Å². The fourth-order valence-electron chi connectivity index (χ4n) is 3.63. The van der Waals surface area contributed by atoms with Gasteiger partial charge in [-0.3, -0.25) is 4.99 Å². The number of rotatable bonds is 3. The van der Waals surface area contributed by atoms with E-state index in [1.165, 1.54) is 12.1 Å². The zero-order chi connectivity index (χ0) is 20.7. The zero-order valence-electron chi connectivity index (χ0n) is 15.6. The fourth-order valence-corrected chi connectivity index (χ4v) is 3.63. The van der Waals surface area contributed by atoms with Gasteiger partial charge in [-0.25, -0.2) is 0 Å². The van der Waals surface area contributed by atoms with Crippen molar-refractivity contribution in [3.05, 3.63) is 95.1 Å². The van der Waals surface area contributed by atoms with Crippen molar-refractivity contribution in [3.63, 3.8) is 0 Å². The molecule has 0 radical (unpaired) electrons. The Morgan fingerprint density at radius 1 is 0.933 bits per heavy atom. The highest BCUT2D eigenvalue weighted by molar-refractivity contribution is 5.80. The van der Waals surface area contributed by atoms with Gasteiger partial charge < -0.3 is 14.6 Å². The number of benzene rings is 3. The van der Waals surface area contributed by atoms with Crippen LogP contribution in [0.15, 0.2) is 84.0 Å². The van der Waals surface area contributed by atoms with Crippen LogP contribution in [0, 0.1) is 0 Å². The Bertz CT molecular complexity index is 1330. The number of anilines is 1. The van der Waals surface area contributed by atoms with E-state index >= 15 is 0 Å². The molecule has 150 valence electrons. The number of aromatic nitrogens is 1. The molecule has 0 saturated carbocycles. The molecule has 0 saturated heterocycles. The molecule has 1 unspecified atom stereocenters. The first-order valence-corrected chi connectivity index (χ1v) is 9.32. The Labute approximate surface area is 169 Å². The molecule has 0 bridgehead atoms. The summed E-state index contributed by atoms with van der Waals surface area (Å²) in [5.74, 6) is -0.258. The first-order chi connectivity index (χ1) is 14.5. The second-order valence-electron chi connectivity index (χ2n) is 6.96. The number of H-pyrrole nitrogens is 1. The Morgan fingerprint density at radius 3 is 2.53 bits per heavy atom. The summed E-state index contributed by atoms with van der Waals surface area (Å²) >= 11 is 0.